The summed E-state index contributed by atoms with van der Waals surface area (Å²) in [7, 11) is 0. The first-order chi connectivity index (χ1) is 17.5. The number of amides is 3. The normalized spacial score (nSPS) is 17.2. The number of thiocarbonyl (C=S) groups is 1. The molecule has 6 nitrogen and oxygen atoms in total. The second kappa shape index (κ2) is 12.3. The largest absolute Gasteiger partial charge is 0.350 e. The molecule has 3 amide bonds. The zero-order valence-electron chi connectivity index (χ0n) is 20.5. The number of anilines is 1. The average molecular weight is 522 g/mol. The predicted octanol–water partition coefficient (Wildman–Crippen LogP) is 5.28. The maximum Gasteiger partial charge on any atom is 0.267 e. The predicted molar refractivity (Wildman–Crippen MR) is 149 cm³/mol. The fraction of sp³-hybridized carbons (Fsp3) is 0.357. The van der Waals surface area contributed by atoms with Crippen LogP contribution in [0.1, 0.15) is 56.6 Å². The Morgan fingerprint density at radius 1 is 0.889 bits per heavy atom. The van der Waals surface area contributed by atoms with E-state index in [9.17, 15) is 14.4 Å². The maximum atomic E-state index is 13.5. The van der Waals surface area contributed by atoms with Gasteiger partial charge in [0.2, 0.25) is 5.91 Å². The molecule has 1 saturated heterocycles. The molecule has 2 aliphatic rings. The molecule has 0 aliphatic carbocycles. The molecule has 2 aromatic carbocycles. The molecule has 0 aromatic heterocycles. The lowest BCUT2D eigenvalue weighted by Crippen LogP contribution is -2.38. The minimum Gasteiger partial charge on any atom is -0.350 e. The standard InChI is InChI=1S/C28H31N3O3S2/c1-2-3-4-5-6-12-17-30-27(34)25(36-28(30)35)24-21-15-10-11-16-22(21)31(26(24)33)19-23(32)29-18-20-13-8-7-9-14-20/h7-11,13-16H,2-6,12,17-19H2,1H3,(H,29,32)/b25-24-. The Bertz CT molecular complexity index is 1180. The van der Waals surface area contributed by atoms with Crippen molar-refractivity contribution in [2.75, 3.05) is 18.0 Å². The molecule has 4 rings (SSSR count). The zero-order chi connectivity index (χ0) is 25.5. The van der Waals surface area contributed by atoms with Crippen molar-refractivity contribution in [3.63, 3.8) is 0 Å². The third-order valence-electron chi connectivity index (χ3n) is 6.37. The van der Waals surface area contributed by atoms with E-state index in [4.69, 9.17) is 12.2 Å². The molecule has 0 saturated carbocycles. The van der Waals surface area contributed by atoms with Crippen LogP contribution in [0.15, 0.2) is 59.5 Å². The van der Waals surface area contributed by atoms with Crippen LogP contribution in [0.4, 0.5) is 5.69 Å². The van der Waals surface area contributed by atoms with Gasteiger partial charge in [-0.15, -0.1) is 0 Å². The summed E-state index contributed by atoms with van der Waals surface area (Å²) >= 11 is 6.70. The van der Waals surface area contributed by atoms with Crippen LogP contribution in [0.5, 0.6) is 0 Å². The summed E-state index contributed by atoms with van der Waals surface area (Å²) in [5, 5.41) is 2.88. The topological polar surface area (TPSA) is 69.7 Å². The van der Waals surface area contributed by atoms with Gasteiger partial charge >= 0.3 is 0 Å². The van der Waals surface area contributed by atoms with E-state index >= 15 is 0 Å². The minimum atomic E-state index is -0.342. The van der Waals surface area contributed by atoms with Crippen LogP contribution in [0.25, 0.3) is 5.57 Å². The Balaban J connectivity index is 1.47. The number of fused-ring (bicyclic) bond motifs is 1. The number of hydrogen-bond acceptors (Lipinski definition) is 5. The van der Waals surface area contributed by atoms with Crippen molar-refractivity contribution < 1.29 is 14.4 Å². The SMILES string of the molecule is CCCCCCCCN1C(=O)/C(=C2/C(=O)N(CC(=O)NCc3ccccc3)c3ccccc32)SC1=S. The van der Waals surface area contributed by atoms with E-state index in [1.165, 1.54) is 35.9 Å². The van der Waals surface area contributed by atoms with E-state index in [1.807, 2.05) is 54.6 Å². The molecule has 0 unspecified atom stereocenters. The van der Waals surface area contributed by atoms with Crippen molar-refractivity contribution in [1.82, 2.24) is 10.2 Å². The Morgan fingerprint density at radius 2 is 1.58 bits per heavy atom. The Labute approximate surface area is 222 Å². The van der Waals surface area contributed by atoms with Gasteiger partial charge in [0, 0.05) is 18.7 Å². The first-order valence-electron chi connectivity index (χ1n) is 12.5. The highest BCUT2D eigenvalue weighted by molar-refractivity contribution is 8.26. The fourth-order valence-corrected chi connectivity index (χ4v) is 5.83. The highest BCUT2D eigenvalue weighted by atomic mass is 32.2. The third-order valence-corrected chi connectivity index (χ3v) is 7.82. The van der Waals surface area contributed by atoms with Crippen LogP contribution < -0.4 is 10.2 Å². The summed E-state index contributed by atoms with van der Waals surface area (Å²) in [6.45, 7) is 3.01. The first-order valence-corrected chi connectivity index (χ1v) is 13.7. The van der Waals surface area contributed by atoms with Gasteiger partial charge in [0.05, 0.1) is 16.2 Å². The number of benzene rings is 2. The number of nitrogens with one attached hydrogen (secondary N) is 1. The second-order valence-corrected chi connectivity index (χ2v) is 10.6. The van der Waals surface area contributed by atoms with E-state index in [0.717, 1.165) is 24.8 Å². The summed E-state index contributed by atoms with van der Waals surface area (Å²) in [6, 6.07) is 16.9. The average Bonchev–Trinajstić information content (AvgIpc) is 3.32. The van der Waals surface area contributed by atoms with Gasteiger partial charge in [0.1, 0.15) is 10.9 Å². The minimum absolute atomic E-state index is 0.121. The van der Waals surface area contributed by atoms with E-state index in [2.05, 4.69) is 12.2 Å². The molecule has 0 bridgehead atoms. The van der Waals surface area contributed by atoms with Crippen molar-refractivity contribution in [2.24, 2.45) is 0 Å². The van der Waals surface area contributed by atoms with Gasteiger partial charge in [-0.1, -0.05) is 112 Å². The lowest BCUT2D eigenvalue weighted by molar-refractivity contribution is -0.122. The Morgan fingerprint density at radius 3 is 2.36 bits per heavy atom. The molecular weight excluding hydrogens is 490 g/mol. The quantitative estimate of drug-likeness (QED) is 0.247. The summed E-state index contributed by atoms with van der Waals surface area (Å²) in [5.41, 5.74) is 2.62. The van der Waals surface area contributed by atoms with Crippen LogP contribution in [-0.2, 0) is 20.9 Å². The van der Waals surface area contributed by atoms with Gasteiger partial charge in [0.15, 0.2) is 0 Å². The number of unbranched alkanes of at least 4 members (excludes halogenated alkanes) is 5. The molecule has 1 N–H and O–H groups in total. The molecule has 2 heterocycles. The van der Waals surface area contributed by atoms with Gasteiger partial charge in [-0.3, -0.25) is 24.2 Å². The lowest BCUT2D eigenvalue weighted by Gasteiger charge is -2.17. The molecule has 2 aromatic rings. The zero-order valence-corrected chi connectivity index (χ0v) is 22.1. The summed E-state index contributed by atoms with van der Waals surface area (Å²) in [4.78, 5) is 43.0. The van der Waals surface area contributed by atoms with Gasteiger partial charge < -0.3 is 5.32 Å². The van der Waals surface area contributed by atoms with Crippen LogP contribution >= 0.6 is 24.0 Å². The van der Waals surface area contributed by atoms with E-state index < -0.39 is 0 Å². The van der Waals surface area contributed by atoms with Crippen molar-refractivity contribution in [2.45, 2.75) is 52.0 Å². The number of carbonyl (C=O) groups excluding carboxylic acids is 3. The monoisotopic (exact) mass is 521 g/mol. The van der Waals surface area contributed by atoms with Crippen LogP contribution in [0, 0.1) is 0 Å². The number of nitrogens with zero attached hydrogens (tertiary/aromatic N) is 2. The third kappa shape index (κ3) is 5.87. The van der Waals surface area contributed by atoms with Crippen LogP contribution in [0.3, 0.4) is 0 Å². The summed E-state index contributed by atoms with van der Waals surface area (Å²) in [6.07, 6.45) is 6.72. The van der Waals surface area contributed by atoms with Crippen molar-refractivity contribution in [1.29, 1.82) is 0 Å². The van der Waals surface area contributed by atoms with Crippen molar-refractivity contribution >= 4 is 57.3 Å². The van der Waals surface area contributed by atoms with Crippen molar-refractivity contribution in [3.8, 4) is 0 Å². The van der Waals surface area contributed by atoms with Gasteiger partial charge in [-0.05, 0) is 18.1 Å². The second-order valence-electron chi connectivity index (χ2n) is 8.97. The smallest absolute Gasteiger partial charge is 0.267 e. The molecule has 0 atom stereocenters. The molecule has 8 heteroatoms. The summed E-state index contributed by atoms with van der Waals surface area (Å²) < 4.78 is 0.486. The molecule has 0 radical (unpaired) electrons. The lowest BCUT2D eigenvalue weighted by atomic mass is 10.1. The van der Waals surface area contributed by atoms with Crippen molar-refractivity contribution in [3.05, 3.63) is 70.6 Å². The number of rotatable bonds is 11. The molecule has 188 valence electrons. The number of hydrogen-bond donors (Lipinski definition) is 1. The summed E-state index contributed by atoms with van der Waals surface area (Å²) in [5.74, 6) is -0.822. The molecule has 0 spiro atoms. The highest BCUT2D eigenvalue weighted by Gasteiger charge is 2.42. The maximum absolute atomic E-state index is 13.5. The van der Waals surface area contributed by atoms with Crippen LogP contribution in [0.2, 0.25) is 0 Å². The molecule has 36 heavy (non-hydrogen) atoms. The fourth-order valence-electron chi connectivity index (χ4n) is 4.44. The van der Waals surface area contributed by atoms with Crippen LogP contribution in [-0.4, -0.2) is 40.0 Å². The molecule has 1 fully saturated rings. The van der Waals surface area contributed by atoms with E-state index in [-0.39, 0.29) is 24.3 Å². The first kappa shape index (κ1) is 26.1. The van der Waals surface area contributed by atoms with Gasteiger partial charge in [-0.2, -0.15) is 0 Å². The molecule has 2 aliphatic heterocycles. The van der Waals surface area contributed by atoms with E-state index in [0.29, 0.717) is 39.1 Å². The Kier molecular flexibility index (Phi) is 8.93. The number of thioether (sulfide) groups is 1. The van der Waals surface area contributed by atoms with E-state index in [1.54, 1.807) is 4.90 Å². The van der Waals surface area contributed by atoms with Gasteiger partial charge in [-0.25, -0.2) is 0 Å². The highest BCUT2D eigenvalue weighted by Crippen LogP contribution is 2.44. The number of carbonyl (C=O) groups is 3. The molecular formula is C28H31N3O3S2. The Hall–Kier alpha value is -2.97. The van der Waals surface area contributed by atoms with Gasteiger partial charge in [0.25, 0.3) is 11.8 Å². The number of para-hydroxylation sites is 1.